The monoisotopic (exact) mass is 264 g/mol. The molecule has 0 bridgehead atoms. The van der Waals surface area contributed by atoms with E-state index in [1.54, 1.807) is 16.8 Å². The van der Waals surface area contributed by atoms with Crippen molar-refractivity contribution in [2.24, 2.45) is 5.73 Å². The number of aryl methyl sites for hydroxylation is 2. The van der Waals surface area contributed by atoms with Crippen LogP contribution in [0.1, 0.15) is 22.8 Å². The van der Waals surface area contributed by atoms with Crippen molar-refractivity contribution >= 4 is 17.2 Å². The summed E-state index contributed by atoms with van der Waals surface area (Å²) < 4.78 is 15.2. The van der Waals surface area contributed by atoms with Gasteiger partial charge < -0.3 is 5.73 Å². The number of aromatic nitrogens is 3. The Bertz CT molecular complexity index is 606. The van der Waals surface area contributed by atoms with Crippen molar-refractivity contribution in [2.45, 2.75) is 20.4 Å². The van der Waals surface area contributed by atoms with Gasteiger partial charge in [-0.3, -0.25) is 0 Å². The summed E-state index contributed by atoms with van der Waals surface area (Å²) in [6.45, 7) is 4.22. The van der Waals surface area contributed by atoms with Gasteiger partial charge >= 0.3 is 0 Å². The van der Waals surface area contributed by atoms with Crippen LogP contribution in [-0.4, -0.2) is 19.8 Å². The summed E-state index contributed by atoms with van der Waals surface area (Å²) in [6.07, 6.45) is 0. The SMILES string of the molecule is Cc1nc(C)n(Cc2ccc(F)c(C(N)=S)c2)n1. The molecule has 18 heavy (non-hydrogen) atoms. The van der Waals surface area contributed by atoms with E-state index in [9.17, 15) is 4.39 Å². The number of rotatable bonds is 3. The van der Waals surface area contributed by atoms with Gasteiger partial charge in [-0.2, -0.15) is 5.10 Å². The Labute approximate surface area is 110 Å². The second kappa shape index (κ2) is 4.81. The van der Waals surface area contributed by atoms with Crippen LogP contribution in [0, 0.1) is 19.7 Å². The maximum Gasteiger partial charge on any atom is 0.147 e. The molecule has 2 N–H and O–H groups in total. The highest BCUT2D eigenvalue weighted by Gasteiger charge is 2.08. The topological polar surface area (TPSA) is 56.7 Å². The lowest BCUT2D eigenvalue weighted by Crippen LogP contribution is -2.13. The molecule has 0 saturated carbocycles. The summed E-state index contributed by atoms with van der Waals surface area (Å²) in [5, 5.41) is 4.25. The highest BCUT2D eigenvalue weighted by molar-refractivity contribution is 7.80. The van der Waals surface area contributed by atoms with Crippen LogP contribution < -0.4 is 5.73 Å². The first kappa shape index (κ1) is 12.6. The Morgan fingerprint density at radius 2 is 2.17 bits per heavy atom. The summed E-state index contributed by atoms with van der Waals surface area (Å²) in [7, 11) is 0. The second-order valence-corrected chi connectivity index (χ2v) is 4.48. The molecule has 1 aromatic carbocycles. The minimum absolute atomic E-state index is 0.0563. The van der Waals surface area contributed by atoms with Gasteiger partial charge in [-0.25, -0.2) is 14.1 Å². The predicted octanol–water partition coefficient (Wildman–Crippen LogP) is 1.72. The molecule has 0 radical (unpaired) electrons. The Morgan fingerprint density at radius 1 is 1.44 bits per heavy atom. The standard InChI is InChI=1S/C12H13FN4S/c1-7-15-8(2)17(16-7)6-9-3-4-11(13)10(5-9)12(14)18/h3-5H,6H2,1-2H3,(H2,14,18). The van der Waals surface area contributed by atoms with Crippen LogP contribution in [0.4, 0.5) is 4.39 Å². The molecule has 0 aliphatic rings. The first-order valence-electron chi connectivity index (χ1n) is 5.43. The van der Waals surface area contributed by atoms with Gasteiger partial charge in [0.1, 0.15) is 22.5 Å². The van der Waals surface area contributed by atoms with Gasteiger partial charge in [0.2, 0.25) is 0 Å². The molecule has 2 rings (SSSR count). The van der Waals surface area contributed by atoms with Crippen LogP contribution in [0.15, 0.2) is 18.2 Å². The number of benzene rings is 1. The molecule has 0 fully saturated rings. The molecule has 0 aliphatic heterocycles. The summed E-state index contributed by atoms with van der Waals surface area (Å²) in [4.78, 5) is 4.27. The van der Waals surface area contributed by atoms with Crippen molar-refractivity contribution in [3.05, 3.63) is 46.8 Å². The summed E-state index contributed by atoms with van der Waals surface area (Å²) in [5.41, 5.74) is 6.61. The van der Waals surface area contributed by atoms with E-state index in [1.807, 2.05) is 13.8 Å². The zero-order valence-corrected chi connectivity index (χ0v) is 11.0. The molecule has 94 valence electrons. The first-order valence-corrected chi connectivity index (χ1v) is 5.84. The normalized spacial score (nSPS) is 10.6. The minimum atomic E-state index is -0.405. The van der Waals surface area contributed by atoms with E-state index in [4.69, 9.17) is 18.0 Å². The third kappa shape index (κ3) is 2.53. The number of nitrogens with two attached hydrogens (primary N) is 1. The number of nitrogens with zero attached hydrogens (tertiary/aromatic N) is 3. The molecule has 1 aromatic heterocycles. The van der Waals surface area contributed by atoms with Crippen molar-refractivity contribution < 1.29 is 4.39 Å². The fourth-order valence-corrected chi connectivity index (χ4v) is 1.90. The lowest BCUT2D eigenvalue weighted by molar-refractivity contribution is 0.620. The predicted molar refractivity (Wildman–Crippen MR) is 70.9 cm³/mol. The molecule has 0 spiro atoms. The van der Waals surface area contributed by atoms with Crippen molar-refractivity contribution in [2.75, 3.05) is 0 Å². The molecule has 0 saturated heterocycles. The fourth-order valence-electron chi connectivity index (χ4n) is 1.74. The summed E-state index contributed by atoms with van der Waals surface area (Å²) in [6, 6.07) is 4.70. The second-order valence-electron chi connectivity index (χ2n) is 4.04. The molecule has 2 aromatic rings. The maximum atomic E-state index is 13.4. The number of hydrogen-bond acceptors (Lipinski definition) is 3. The average Bonchev–Trinajstić information content (AvgIpc) is 2.60. The van der Waals surface area contributed by atoms with E-state index in [2.05, 4.69) is 10.1 Å². The van der Waals surface area contributed by atoms with Crippen LogP contribution in [0.5, 0.6) is 0 Å². The van der Waals surface area contributed by atoms with Gasteiger partial charge in [0.05, 0.1) is 6.54 Å². The number of thiocarbonyl (C=S) groups is 1. The smallest absolute Gasteiger partial charge is 0.147 e. The van der Waals surface area contributed by atoms with E-state index in [0.717, 1.165) is 11.4 Å². The first-order chi connectivity index (χ1) is 8.47. The summed E-state index contributed by atoms with van der Waals surface area (Å²) in [5.74, 6) is 1.12. The molecule has 0 atom stereocenters. The van der Waals surface area contributed by atoms with Crippen LogP contribution in [0.2, 0.25) is 0 Å². The lowest BCUT2D eigenvalue weighted by Gasteiger charge is -2.06. The molecule has 0 aliphatic carbocycles. The molecular formula is C12H13FN4S. The molecule has 0 unspecified atom stereocenters. The zero-order valence-electron chi connectivity index (χ0n) is 10.1. The van der Waals surface area contributed by atoms with Crippen molar-refractivity contribution in [1.82, 2.24) is 14.8 Å². The summed E-state index contributed by atoms with van der Waals surface area (Å²) >= 11 is 4.81. The molecule has 0 amide bonds. The quantitative estimate of drug-likeness (QED) is 0.858. The van der Waals surface area contributed by atoms with Gasteiger partial charge in [-0.15, -0.1) is 0 Å². The van der Waals surface area contributed by atoms with E-state index >= 15 is 0 Å². The Balaban J connectivity index is 2.32. The van der Waals surface area contributed by atoms with Crippen LogP contribution in [0.25, 0.3) is 0 Å². The maximum absolute atomic E-state index is 13.4. The van der Waals surface area contributed by atoms with Gasteiger partial charge in [0.25, 0.3) is 0 Å². The third-order valence-corrected chi connectivity index (χ3v) is 2.81. The Kier molecular flexibility index (Phi) is 3.38. The number of hydrogen-bond donors (Lipinski definition) is 1. The van der Waals surface area contributed by atoms with E-state index < -0.39 is 5.82 Å². The van der Waals surface area contributed by atoms with Crippen LogP contribution in [0.3, 0.4) is 0 Å². The van der Waals surface area contributed by atoms with Crippen molar-refractivity contribution in [3.63, 3.8) is 0 Å². The van der Waals surface area contributed by atoms with Crippen molar-refractivity contribution in [3.8, 4) is 0 Å². The molecular weight excluding hydrogens is 251 g/mol. The molecule has 1 heterocycles. The van der Waals surface area contributed by atoms with E-state index in [-0.39, 0.29) is 10.6 Å². The molecule has 4 nitrogen and oxygen atoms in total. The highest BCUT2D eigenvalue weighted by atomic mass is 32.1. The van der Waals surface area contributed by atoms with E-state index in [0.29, 0.717) is 12.4 Å². The Hall–Kier alpha value is -1.82. The van der Waals surface area contributed by atoms with Gasteiger partial charge in [-0.05, 0) is 31.5 Å². The van der Waals surface area contributed by atoms with Gasteiger partial charge in [-0.1, -0.05) is 18.3 Å². The number of halogens is 1. The van der Waals surface area contributed by atoms with Crippen molar-refractivity contribution in [1.29, 1.82) is 0 Å². The van der Waals surface area contributed by atoms with Crippen LogP contribution >= 0.6 is 12.2 Å². The highest BCUT2D eigenvalue weighted by Crippen LogP contribution is 2.12. The zero-order chi connectivity index (χ0) is 13.3. The molecule has 6 heteroatoms. The van der Waals surface area contributed by atoms with Gasteiger partial charge in [0.15, 0.2) is 0 Å². The Morgan fingerprint density at radius 3 is 2.72 bits per heavy atom. The largest absolute Gasteiger partial charge is 0.389 e. The minimum Gasteiger partial charge on any atom is -0.389 e. The van der Waals surface area contributed by atoms with Gasteiger partial charge in [0, 0.05) is 5.56 Å². The fraction of sp³-hybridized carbons (Fsp3) is 0.250. The van der Waals surface area contributed by atoms with E-state index in [1.165, 1.54) is 6.07 Å². The third-order valence-electron chi connectivity index (χ3n) is 2.59. The van der Waals surface area contributed by atoms with Crippen LogP contribution in [-0.2, 0) is 6.54 Å². The average molecular weight is 264 g/mol. The lowest BCUT2D eigenvalue weighted by atomic mass is 10.1.